The number of rotatable bonds is 2. The molecule has 1 heterocycles. The van der Waals surface area contributed by atoms with Crippen molar-refractivity contribution in [2.45, 2.75) is 19.4 Å². The summed E-state index contributed by atoms with van der Waals surface area (Å²) < 4.78 is 5.37. The standard InChI is InChI=1S/C9H12N4O/c1-4-9(2,3)14-7-5-6(10)12-8(11)13-7/h1,5H,2-3H3,(H4,10,11,12,13). The van der Waals surface area contributed by atoms with E-state index in [2.05, 4.69) is 15.9 Å². The Bertz CT molecular complexity index is 361. The van der Waals surface area contributed by atoms with Crippen LogP contribution in [0.4, 0.5) is 11.8 Å². The van der Waals surface area contributed by atoms with E-state index in [4.69, 9.17) is 22.6 Å². The highest BCUT2D eigenvalue weighted by Gasteiger charge is 2.16. The second-order valence-corrected chi connectivity index (χ2v) is 3.25. The molecule has 0 aliphatic rings. The molecule has 74 valence electrons. The predicted octanol–water partition coefficient (Wildman–Crippen LogP) is 0.432. The summed E-state index contributed by atoms with van der Waals surface area (Å²) in [6.45, 7) is 3.48. The van der Waals surface area contributed by atoms with Gasteiger partial charge in [-0.2, -0.15) is 9.97 Å². The fourth-order valence-corrected chi connectivity index (χ4v) is 0.804. The lowest BCUT2D eigenvalue weighted by atomic mass is 10.1. The van der Waals surface area contributed by atoms with Crippen LogP contribution in [0, 0.1) is 12.3 Å². The lowest BCUT2D eigenvalue weighted by Gasteiger charge is -2.19. The highest BCUT2D eigenvalue weighted by Crippen LogP contribution is 2.17. The highest BCUT2D eigenvalue weighted by molar-refractivity contribution is 5.38. The third-order valence-electron chi connectivity index (χ3n) is 1.45. The lowest BCUT2D eigenvalue weighted by Crippen LogP contribution is -2.26. The van der Waals surface area contributed by atoms with Gasteiger partial charge < -0.3 is 16.2 Å². The van der Waals surface area contributed by atoms with Gasteiger partial charge in [0, 0.05) is 6.07 Å². The molecule has 14 heavy (non-hydrogen) atoms. The Balaban J connectivity index is 2.94. The van der Waals surface area contributed by atoms with E-state index in [1.54, 1.807) is 13.8 Å². The van der Waals surface area contributed by atoms with Crippen molar-refractivity contribution in [2.75, 3.05) is 11.5 Å². The summed E-state index contributed by atoms with van der Waals surface area (Å²) in [6.07, 6.45) is 5.25. The third kappa shape index (κ3) is 2.52. The smallest absolute Gasteiger partial charge is 0.225 e. The molecule has 0 bridgehead atoms. The number of nitrogen functional groups attached to an aromatic ring is 2. The molecule has 5 nitrogen and oxygen atoms in total. The molecule has 0 unspecified atom stereocenters. The fraction of sp³-hybridized carbons (Fsp3) is 0.333. The third-order valence-corrected chi connectivity index (χ3v) is 1.45. The van der Waals surface area contributed by atoms with Gasteiger partial charge in [-0.1, -0.05) is 5.92 Å². The van der Waals surface area contributed by atoms with Crippen LogP contribution in [0.3, 0.4) is 0 Å². The van der Waals surface area contributed by atoms with Crippen LogP contribution in [0.2, 0.25) is 0 Å². The zero-order chi connectivity index (χ0) is 10.8. The van der Waals surface area contributed by atoms with Gasteiger partial charge >= 0.3 is 0 Å². The zero-order valence-electron chi connectivity index (χ0n) is 8.11. The Kier molecular flexibility index (Phi) is 2.47. The summed E-state index contributed by atoms with van der Waals surface area (Å²) in [4.78, 5) is 7.54. The number of hydrogen-bond donors (Lipinski definition) is 2. The maximum absolute atomic E-state index is 5.46. The summed E-state index contributed by atoms with van der Waals surface area (Å²) in [5.74, 6) is 3.05. The maximum atomic E-state index is 5.46. The van der Waals surface area contributed by atoms with Gasteiger partial charge in [0.25, 0.3) is 0 Å². The molecule has 0 saturated heterocycles. The molecule has 0 radical (unpaired) electrons. The molecule has 1 rings (SSSR count). The molecule has 0 saturated carbocycles. The van der Waals surface area contributed by atoms with Gasteiger partial charge in [0.15, 0.2) is 5.60 Å². The molecule has 0 aliphatic heterocycles. The van der Waals surface area contributed by atoms with Crippen LogP contribution in [-0.2, 0) is 0 Å². The largest absolute Gasteiger partial charge is 0.458 e. The molecule has 0 atom stereocenters. The summed E-state index contributed by atoms with van der Waals surface area (Å²) >= 11 is 0. The number of ether oxygens (including phenoxy) is 1. The van der Waals surface area contributed by atoms with Gasteiger partial charge in [-0.15, -0.1) is 6.42 Å². The summed E-state index contributed by atoms with van der Waals surface area (Å²) in [6, 6.07) is 1.47. The quantitative estimate of drug-likeness (QED) is 0.663. The molecule has 4 N–H and O–H groups in total. The number of nitrogens with two attached hydrogens (primary N) is 2. The first-order valence-electron chi connectivity index (χ1n) is 4.00. The van der Waals surface area contributed by atoms with Gasteiger partial charge in [-0.3, -0.25) is 0 Å². The van der Waals surface area contributed by atoms with Crippen LogP contribution in [0.5, 0.6) is 5.88 Å². The summed E-state index contributed by atoms with van der Waals surface area (Å²) in [5, 5.41) is 0. The number of nitrogens with zero attached hydrogens (tertiary/aromatic N) is 2. The van der Waals surface area contributed by atoms with E-state index in [0.717, 1.165) is 0 Å². The van der Waals surface area contributed by atoms with Crippen molar-refractivity contribution < 1.29 is 4.74 Å². The molecule has 0 fully saturated rings. The average molecular weight is 192 g/mol. The number of terminal acetylenes is 1. The molecule has 0 amide bonds. The van der Waals surface area contributed by atoms with Crippen molar-refractivity contribution in [3.8, 4) is 18.2 Å². The second kappa shape index (κ2) is 3.42. The molecule has 0 aromatic carbocycles. The van der Waals surface area contributed by atoms with Crippen LogP contribution in [-0.4, -0.2) is 15.6 Å². The van der Waals surface area contributed by atoms with Gasteiger partial charge in [0.1, 0.15) is 5.82 Å². The van der Waals surface area contributed by atoms with E-state index in [-0.39, 0.29) is 17.6 Å². The van der Waals surface area contributed by atoms with Crippen molar-refractivity contribution in [3.63, 3.8) is 0 Å². The minimum absolute atomic E-state index is 0.0628. The van der Waals surface area contributed by atoms with Crippen molar-refractivity contribution in [1.82, 2.24) is 9.97 Å². The van der Waals surface area contributed by atoms with Gasteiger partial charge in [-0.05, 0) is 13.8 Å². The minimum Gasteiger partial charge on any atom is -0.458 e. The van der Waals surface area contributed by atoms with Crippen molar-refractivity contribution in [1.29, 1.82) is 0 Å². The van der Waals surface area contributed by atoms with Gasteiger partial charge in [0.05, 0.1) is 0 Å². The van der Waals surface area contributed by atoms with Crippen molar-refractivity contribution in [2.24, 2.45) is 0 Å². The molecule has 1 aromatic rings. The Morgan fingerprint density at radius 1 is 1.43 bits per heavy atom. The van der Waals surface area contributed by atoms with Crippen molar-refractivity contribution in [3.05, 3.63) is 6.07 Å². The molecule has 0 spiro atoms. The summed E-state index contributed by atoms with van der Waals surface area (Å²) in [5.41, 5.74) is 10.1. The average Bonchev–Trinajstić information content (AvgIpc) is 2.01. The first-order chi connectivity index (χ1) is 6.43. The van der Waals surface area contributed by atoms with Crippen LogP contribution in [0.1, 0.15) is 13.8 Å². The predicted molar refractivity (Wildman–Crippen MR) is 54.4 cm³/mol. The Morgan fingerprint density at radius 3 is 2.57 bits per heavy atom. The van der Waals surface area contributed by atoms with E-state index in [1.165, 1.54) is 6.07 Å². The van der Waals surface area contributed by atoms with E-state index in [0.29, 0.717) is 0 Å². The Morgan fingerprint density at radius 2 is 2.07 bits per heavy atom. The monoisotopic (exact) mass is 192 g/mol. The SMILES string of the molecule is C#CC(C)(C)Oc1cc(N)nc(N)n1. The molecule has 5 heteroatoms. The minimum atomic E-state index is -0.743. The normalized spacial score (nSPS) is 10.6. The maximum Gasteiger partial charge on any atom is 0.225 e. The highest BCUT2D eigenvalue weighted by atomic mass is 16.5. The first-order valence-corrected chi connectivity index (χ1v) is 4.00. The molecular weight excluding hydrogens is 180 g/mol. The van der Waals surface area contributed by atoms with Crippen LogP contribution < -0.4 is 16.2 Å². The molecule has 0 aliphatic carbocycles. The van der Waals surface area contributed by atoms with E-state index < -0.39 is 5.60 Å². The van der Waals surface area contributed by atoms with Crippen LogP contribution >= 0.6 is 0 Å². The number of aromatic nitrogens is 2. The molecule has 1 aromatic heterocycles. The Hall–Kier alpha value is -1.96. The first kappa shape index (κ1) is 10.1. The second-order valence-electron chi connectivity index (χ2n) is 3.25. The van der Waals surface area contributed by atoms with E-state index in [1.807, 2.05) is 0 Å². The van der Waals surface area contributed by atoms with Crippen molar-refractivity contribution >= 4 is 11.8 Å². The van der Waals surface area contributed by atoms with Crippen LogP contribution in [0.15, 0.2) is 6.07 Å². The molecular formula is C9H12N4O. The zero-order valence-corrected chi connectivity index (χ0v) is 8.11. The van der Waals surface area contributed by atoms with E-state index in [9.17, 15) is 0 Å². The topological polar surface area (TPSA) is 87.0 Å². The number of anilines is 2. The lowest BCUT2D eigenvalue weighted by molar-refractivity contribution is 0.165. The van der Waals surface area contributed by atoms with E-state index >= 15 is 0 Å². The van der Waals surface area contributed by atoms with Gasteiger partial charge in [0.2, 0.25) is 11.8 Å². The Labute approximate surface area is 82.5 Å². The number of hydrogen-bond acceptors (Lipinski definition) is 5. The van der Waals surface area contributed by atoms with Crippen LogP contribution in [0.25, 0.3) is 0 Å². The van der Waals surface area contributed by atoms with Gasteiger partial charge in [-0.25, -0.2) is 0 Å². The summed E-state index contributed by atoms with van der Waals surface area (Å²) in [7, 11) is 0. The fourth-order valence-electron chi connectivity index (χ4n) is 0.804.